The maximum absolute atomic E-state index is 5.49. The number of guanidine groups is 1. The lowest BCUT2D eigenvalue weighted by molar-refractivity contribution is 0.292. The highest BCUT2D eigenvalue weighted by molar-refractivity contribution is 5.80. The van der Waals surface area contributed by atoms with Crippen molar-refractivity contribution < 1.29 is 9.47 Å². The molecule has 0 aliphatic heterocycles. The maximum atomic E-state index is 5.49. The molecule has 1 rings (SSSR count). The van der Waals surface area contributed by atoms with Gasteiger partial charge in [0.05, 0.1) is 26.8 Å². The van der Waals surface area contributed by atoms with E-state index in [1.54, 1.807) is 14.2 Å². The standard InChI is InChI=1S/C24H45N5O2/c1-9-25-24(27-19(4)13-12-16-29(10-2)11-3)26-18-21(28(5)6)20-14-15-22(30-7)23(17-20)31-8/h14-15,17,19,21H,9-13,16,18H2,1-8H3,(H2,25,26,27). The summed E-state index contributed by atoms with van der Waals surface area (Å²) in [5.41, 5.74) is 1.15. The van der Waals surface area contributed by atoms with Crippen LogP contribution in [0.5, 0.6) is 11.5 Å². The minimum atomic E-state index is 0.133. The first-order valence-corrected chi connectivity index (χ1v) is 11.5. The molecule has 0 fully saturated rings. The van der Waals surface area contributed by atoms with Gasteiger partial charge in [0.15, 0.2) is 17.5 Å². The molecular formula is C24H45N5O2. The van der Waals surface area contributed by atoms with Gasteiger partial charge in [-0.2, -0.15) is 0 Å². The van der Waals surface area contributed by atoms with Gasteiger partial charge in [-0.1, -0.05) is 19.9 Å². The number of nitrogens with one attached hydrogen (secondary N) is 2. The summed E-state index contributed by atoms with van der Waals surface area (Å²) in [5, 5.41) is 6.96. The summed E-state index contributed by atoms with van der Waals surface area (Å²) in [6.07, 6.45) is 2.30. The van der Waals surface area contributed by atoms with E-state index < -0.39 is 0 Å². The fourth-order valence-electron chi connectivity index (χ4n) is 3.59. The number of rotatable bonds is 14. The van der Waals surface area contributed by atoms with Crippen molar-refractivity contribution in [3.05, 3.63) is 23.8 Å². The highest BCUT2D eigenvalue weighted by atomic mass is 16.5. The van der Waals surface area contributed by atoms with E-state index in [-0.39, 0.29) is 6.04 Å². The molecule has 0 aromatic heterocycles. The van der Waals surface area contributed by atoms with Gasteiger partial charge >= 0.3 is 0 Å². The Labute approximate surface area is 190 Å². The molecule has 0 saturated heterocycles. The van der Waals surface area contributed by atoms with Crippen molar-refractivity contribution in [2.45, 2.75) is 52.6 Å². The number of hydrogen-bond acceptors (Lipinski definition) is 5. The van der Waals surface area contributed by atoms with Gasteiger partial charge in [-0.15, -0.1) is 0 Å². The van der Waals surface area contributed by atoms with Crippen molar-refractivity contribution in [2.24, 2.45) is 4.99 Å². The number of ether oxygens (including phenoxy) is 2. The lowest BCUT2D eigenvalue weighted by Gasteiger charge is -2.25. The third kappa shape index (κ3) is 9.35. The molecule has 0 aliphatic carbocycles. The molecule has 2 N–H and O–H groups in total. The summed E-state index contributed by atoms with van der Waals surface area (Å²) in [4.78, 5) is 9.55. The summed E-state index contributed by atoms with van der Waals surface area (Å²) in [5.74, 6) is 2.34. The first kappa shape index (κ1) is 27.0. The van der Waals surface area contributed by atoms with Gasteiger partial charge in [0.2, 0.25) is 0 Å². The van der Waals surface area contributed by atoms with Crippen LogP contribution in [0.2, 0.25) is 0 Å². The van der Waals surface area contributed by atoms with Crippen molar-refractivity contribution in [2.75, 3.05) is 61.0 Å². The van der Waals surface area contributed by atoms with Crippen LogP contribution in [0, 0.1) is 0 Å². The predicted molar refractivity (Wildman–Crippen MR) is 132 cm³/mol. The van der Waals surface area contributed by atoms with Gasteiger partial charge in [0.1, 0.15) is 0 Å². The zero-order valence-electron chi connectivity index (χ0n) is 21.0. The van der Waals surface area contributed by atoms with Gasteiger partial charge in [0, 0.05) is 12.6 Å². The van der Waals surface area contributed by atoms with E-state index in [1.165, 1.54) is 6.42 Å². The number of hydrogen-bond donors (Lipinski definition) is 2. The van der Waals surface area contributed by atoms with Crippen molar-refractivity contribution in [3.8, 4) is 11.5 Å². The molecule has 2 unspecified atom stereocenters. The first-order valence-electron chi connectivity index (χ1n) is 11.5. The van der Waals surface area contributed by atoms with Crippen LogP contribution in [0.1, 0.15) is 52.1 Å². The Morgan fingerprint density at radius 2 is 1.74 bits per heavy atom. The SMILES string of the molecule is CCNC(=NCC(c1ccc(OC)c(OC)c1)N(C)C)NC(C)CCCN(CC)CC. The van der Waals surface area contributed by atoms with Crippen LogP contribution >= 0.6 is 0 Å². The molecule has 0 heterocycles. The minimum Gasteiger partial charge on any atom is -0.493 e. The molecule has 0 spiro atoms. The predicted octanol–water partition coefficient (Wildman–Crippen LogP) is 3.37. The summed E-state index contributed by atoms with van der Waals surface area (Å²) >= 11 is 0. The third-order valence-electron chi connectivity index (χ3n) is 5.57. The molecule has 7 heteroatoms. The average molecular weight is 436 g/mol. The highest BCUT2D eigenvalue weighted by Gasteiger charge is 2.17. The van der Waals surface area contributed by atoms with E-state index in [2.05, 4.69) is 68.3 Å². The van der Waals surface area contributed by atoms with E-state index >= 15 is 0 Å². The number of benzene rings is 1. The summed E-state index contributed by atoms with van der Waals surface area (Å²) in [6, 6.07) is 6.57. The van der Waals surface area contributed by atoms with E-state index in [0.29, 0.717) is 12.6 Å². The van der Waals surface area contributed by atoms with Crippen LogP contribution in [0.25, 0.3) is 0 Å². The molecule has 1 aromatic rings. The van der Waals surface area contributed by atoms with Gasteiger partial charge < -0.3 is 29.9 Å². The minimum absolute atomic E-state index is 0.133. The lowest BCUT2D eigenvalue weighted by atomic mass is 10.1. The molecule has 178 valence electrons. The molecule has 1 aromatic carbocycles. The smallest absolute Gasteiger partial charge is 0.191 e. The fraction of sp³-hybridized carbons (Fsp3) is 0.708. The van der Waals surface area contributed by atoms with Crippen LogP contribution in [-0.2, 0) is 0 Å². The van der Waals surface area contributed by atoms with E-state index in [0.717, 1.165) is 55.6 Å². The number of methoxy groups -OCH3 is 2. The normalized spacial score (nSPS) is 13.9. The maximum Gasteiger partial charge on any atom is 0.191 e. The zero-order valence-corrected chi connectivity index (χ0v) is 21.0. The fourth-order valence-corrected chi connectivity index (χ4v) is 3.59. The molecule has 31 heavy (non-hydrogen) atoms. The molecule has 2 atom stereocenters. The Morgan fingerprint density at radius 1 is 1.06 bits per heavy atom. The quantitative estimate of drug-likeness (QED) is 0.345. The van der Waals surface area contributed by atoms with Gasteiger partial charge in [-0.25, -0.2) is 0 Å². The Bertz CT molecular complexity index is 647. The molecular weight excluding hydrogens is 390 g/mol. The molecule has 0 bridgehead atoms. The average Bonchev–Trinajstić information content (AvgIpc) is 2.76. The second-order valence-electron chi connectivity index (χ2n) is 8.03. The van der Waals surface area contributed by atoms with Crippen LogP contribution in [0.4, 0.5) is 0 Å². The number of nitrogens with zero attached hydrogens (tertiary/aromatic N) is 3. The van der Waals surface area contributed by atoms with Gasteiger partial charge in [-0.05, 0) is 78.1 Å². The topological polar surface area (TPSA) is 61.4 Å². The van der Waals surface area contributed by atoms with Crippen molar-refractivity contribution >= 4 is 5.96 Å². The first-order chi connectivity index (χ1) is 14.9. The van der Waals surface area contributed by atoms with Crippen LogP contribution in [0.15, 0.2) is 23.2 Å². The third-order valence-corrected chi connectivity index (χ3v) is 5.57. The Kier molecular flexibility index (Phi) is 13.0. The molecule has 7 nitrogen and oxygen atoms in total. The van der Waals surface area contributed by atoms with Crippen molar-refractivity contribution in [1.29, 1.82) is 0 Å². The Hall–Kier alpha value is -1.99. The van der Waals surface area contributed by atoms with Crippen molar-refractivity contribution in [3.63, 3.8) is 0 Å². The van der Waals surface area contributed by atoms with Crippen LogP contribution in [-0.4, -0.2) is 82.8 Å². The molecule has 0 amide bonds. The highest BCUT2D eigenvalue weighted by Crippen LogP contribution is 2.31. The van der Waals surface area contributed by atoms with Gasteiger partial charge in [-0.3, -0.25) is 4.99 Å². The van der Waals surface area contributed by atoms with E-state index in [1.807, 2.05) is 12.1 Å². The van der Waals surface area contributed by atoms with Crippen LogP contribution < -0.4 is 20.1 Å². The lowest BCUT2D eigenvalue weighted by Crippen LogP contribution is -2.43. The number of likely N-dealkylation sites (N-methyl/N-ethyl adjacent to an activating group) is 1. The van der Waals surface area contributed by atoms with Gasteiger partial charge in [0.25, 0.3) is 0 Å². The Morgan fingerprint density at radius 3 is 2.29 bits per heavy atom. The largest absolute Gasteiger partial charge is 0.493 e. The molecule has 0 saturated carbocycles. The molecule has 0 radical (unpaired) electrons. The summed E-state index contributed by atoms with van der Waals surface area (Å²) in [7, 11) is 7.47. The summed E-state index contributed by atoms with van der Waals surface area (Å²) < 4.78 is 10.9. The molecule has 0 aliphatic rings. The number of aliphatic imine (C=N–C) groups is 1. The van der Waals surface area contributed by atoms with Crippen LogP contribution in [0.3, 0.4) is 0 Å². The second-order valence-corrected chi connectivity index (χ2v) is 8.03. The second kappa shape index (κ2) is 14.9. The van der Waals surface area contributed by atoms with E-state index in [9.17, 15) is 0 Å². The summed E-state index contributed by atoms with van der Waals surface area (Å²) in [6.45, 7) is 13.6. The Balaban J connectivity index is 2.82. The zero-order chi connectivity index (χ0) is 23.2. The monoisotopic (exact) mass is 435 g/mol. The van der Waals surface area contributed by atoms with E-state index in [4.69, 9.17) is 14.5 Å². The van der Waals surface area contributed by atoms with Crippen molar-refractivity contribution in [1.82, 2.24) is 20.4 Å².